The molecule has 0 saturated carbocycles. The summed E-state index contributed by atoms with van der Waals surface area (Å²) in [6, 6.07) is 2.80. The zero-order chi connectivity index (χ0) is 16.9. The first-order chi connectivity index (χ1) is 11.6. The van der Waals surface area contributed by atoms with Gasteiger partial charge >= 0.3 is 0 Å². The molecule has 2 aliphatic heterocycles. The summed E-state index contributed by atoms with van der Waals surface area (Å²) in [5.74, 6) is 0.155. The van der Waals surface area contributed by atoms with E-state index in [4.69, 9.17) is 4.74 Å². The van der Waals surface area contributed by atoms with Crippen LogP contribution in [0.5, 0.6) is 0 Å². The van der Waals surface area contributed by atoms with E-state index in [0.29, 0.717) is 12.6 Å². The fourth-order valence-corrected chi connectivity index (χ4v) is 3.83. The number of aromatic nitrogens is 2. The second-order valence-corrected chi connectivity index (χ2v) is 7.18. The standard InChI is InChI=1S/C18H30N4O2/c1-14-11-15(2)22(20-14)12-17-5-3-4-8-21(17)13-18(23)19-16-6-9-24-10-7-16/h11,16-17H,3-10,12-13H2,1-2H3,(H,19,23). The molecule has 0 radical (unpaired) electrons. The van der Waals surface area contributed by atoms with Gasteiger partial charge in [0.25, 0.3) is 0 Å². The number of nitrogens with one attached hydrogen (secondary N) is 1. The molecule has 3 rings (SSSR count). The van der Waals surface area contributed by atoms with E-state index in [0.717, 1.165) is 51.3 Å². The van der Waals surface area contributed by atoms with Crippen molar-refractivity contribution in [2.24, 2.45) is 0 Å². The van der Waals surface area contributed by atoms with Crippen LogP contribution in [0, 0.1) is 13.8 Å². The number of rotatable bonds is 5. The highest BCUT2D eigenvalue weighted by Crippen LogP contribution is 2.19. The number of nitrogens with zero attached hydrogens (tertiary/aromatic N) is 3. The van der Waals surface area contributed by atoms with Gasteiger partial charge in [0.05, 0.1) is 18.8 Å². The van der Waals surface area contributed by atoms with Crippen LogP contribution < -0.4 is 5.32 Å². The van der Waals surface area contributed by atoms with Gasteiger partial charge in [-0.15, -0.1) is 0 Å². The van der Waals surface area contributed by atoms with Gasteiger partial charge in [-0.05, 0) is 52.1 Å². The molecule has 1 unspecified atom stereocenters. The van der Waals surface area contributed by atoms with E-state index in [1.54, 1.807) is 0 Å². The second-order valence-electron chi connectivity index (χ2n) is 7.18. The quantitative estimate of drug-likeness (QED) is 0.889. The van der Waals surface area contributed by atoms with E-state index in [2.05, 4.69) is 33.0 Å². The minimum absolute atomic E-state index is 0.155. The fraction of sp³-hybridized carbons (Fsp3) is 0.778. The Hall–Kier alpha value is -1.40. The van der Waals surface area contributed by atoms with Crippen LogP contribution >= 0.6 is 0 Å². The Morgan fingerprint density at radius 2 is 2.08 bits per heavy atom. The summed E-state index contributed by atoms with van der Waals surface area (Å²) in [7, 11) is 0. The van der Waals surface area contributed by atoms with Gasteiger partial charge in [-0.25, -0.2) is 0 Å². The third kappa shape index (κ3) is 4.57. The van der Waals surface area contributed by atoms with Gasteiger partial charge in [-0.3, -0.25) is 14.4 Å². The van der Waals surface area contributed by atoms with Gasteiger partial charge in [0.15, 0.2) is 0 Å². The first-order valence-electron chi connectivity index (χ1n) is 9.24. The molecular formula is C18H30N4O2. The van der Waals surface area contributed by atoms with E-state index >= 15 is 0 Å². The van der Waals surface area contributed by atoms with Crippen LogP contribution in [0.3, 0.4) is 0 Å². The number of ether oxygens (including phenoxy) is 1. The highest BCUT2D eigenvalue weighted by Gasteiger charge is 2.26. The number of piperidine rings is 1. The molecule has 1 N–H and O–H groups in total. The molecule has 2 fully saturated rings. The summed E-state index contributed by atoms with van der Waals surface area (Å²) in [6.07, 6.45) is 5.42. The van der Waals surface area contributed by atoms with E-state index in [-0.39, 0.29) is 11.9 Å². The lowest BCUT2D eigenvalue weighted by Crippen LogP contribution is -2.49. The normalized spacial score (nSPS) is 23.3. The smallest absolute Gasteiger partial charge is 0.234 e. The Kier molecular flexibility index (Phi) is 5.89. The number of likely N-dealkylation sites (tertiary alicyclic amines) is 1. The number of hydrogen-bond acceptors (Lipinski definition) is 4. The Balaban J connectivity index is 1.55. The number of carbonyl (C=O) groups is 1. The molecule has 2 aliphatic rings. The average molecular weight is 334 g/mol. The zero-order valence-electron chi connectivity index (χ0n) is 15.0. The molecule has 0 spiro atoms. The molecule has 6 nitrogen and oxygen atoms in total. The molecule has 134 valence electrons. The summed E-state index contributed by atoms with van der Waals surface area (Å²) in [5, 5.41) is 7.77. The number of carbonyl (C=O) groups excluding carboxylic acids is 1. The molecular weight excluding hydrogens is 304 g/mol. The Morgan fingerprint density at radius 1 is 1.29 bits per heavy atom. The molecule has 0 aliphatic carbocycles. The van der Waals surface area contributed by atoms with Gasteiger partial charge in [-0.2, -0.15) is 5.10 Å². The third-order valence-electron chi connectivity index (χ3n) is 5.17. The molecule has 1 aromatic rings. The van der Waals surface area contributed by atoms with Crippen molar-refractivity contribution in [3.8, 4) is 0 Å². The Labute approximate surface area is 144 Å². The monoisotopic (exact) mass is 334 g/mol. The SMILES string of the molecule is Cc1cc(C)n(CC2CCCCN2CC(=O)NC2CCOCC2)n1. The second kappa shape index (κ2) is 8.12. The van der Waals surface area contributed by atoms with Crippen molar-refractivity contribution in [2.45, 2.75) is 64.6 Å². The lowest BCUT2D eigenvalue weighted by atomic mass is 10.0. The molecule has 0 bridgehead atoms. The summed E-state index contributed by atoms with van der Waals surface area (Å²) in [4.78, 5) is 14.8. The van der Waals surface area contributed by atoms with Crippen LogP contribution in [0.25, 0.3) is 0 Å². The van der Waals surface area contributed by atoms with Crippen molar-refractivity contribution in [1.29, 1.82) is 0 Å². The minimum Gasteiger partial charge on any atom is -0.381 e. The average Bonchev–Trinajstić information content (AvgIpc) is 2.87. The molecule has 1 atom stereocenters. The van der Waals surface area contributed by atoms with E-state index in [9.17, 15) is 4.79 Å². The molecule has 1 amide bonds. The zero-order valence-corrected chi connectivity index (χ0v) is 15.0. The van der Waals surface area contributed by atoms with Crippen LogP contribution in [0.2, 0.25) is 0 Å². The largest absolute Gasteiger partial charge is 0.381 e. The van der Waals surface area contributed by atoms with Crippen LogP contribution in [0.4, 0.5) is 0 Å². The maximum absolute atomic E-state index is 12.4. The van der Waals surface area contributed by atoms with Crippen LogP contribution in [0.1, 0.15) is 43.5 Å². The first-order valence-corrected chi connectivity index (χ1v) is 9.24. The molecule has 1 aromatic heterocycles. The van der Waals surface area contributed by atoms with Crippen molar-refractivity contribution in [3.05, 3.63) is 17.5 Å². The van der Waals surface area contributed by atoms with Crippen LogP contribution in [-0.4, -0.2) is 59.0 Å². The fourth-order valence-electron chi connectivity index (χ4n) is 3.83. The molecule has 2 saturated heterocycles. The van der Waals surface area contributed by atoms with Crippen LogP contribution in [0.15, 0.2) is 6.07 Å². The van der Waals surface area contributed by atoms with Crippen molar-refractivity contribution in [3.63, 3.8) is 0 Å². The third-order valence-corrected chi connectivity index (χ3v) is 5.17. The first kappa shape index (κ1) is 17.4. The molecule has 0 aromatic carbocycles. The van der Waals surface area contributed by atoms with E-state index in [1.807, 2.05) is 6.92 Å². The maximum atomic E-state index is 12.4. The number of amides is 1. The van der Waals surface area contributed by atoms with Gasteiger partial charge < -0.3 is 10.1 Å². The Bertz CT molecular complexity index is 551. The highest BCUT2D eigenvalue weighted by molar-refractivity contribution is 5.78. The topological polar surface area (TPSA) is 59.4 Å². The van der Waals surface area contributed by atoms with Gasteiger partial charge in [0, 0.05) is 31.0 Å². The predicted octanol–water partition coefficient (Wildman–Crippen LogP) is 1.65. The minimum atomic E-state index is 0.155. The van der Waals surface area contributed by atoms with Crippen molar-refractivity contribution in [2.75, 3.05) is 26.3 Å². The van der Waals surface area contributed by atoms with Crippen molar-refractivity contribution in [1.82, 2.24) is 20.0 Å². The predicted molar refractivity (Wildman–Crippen MR) is 92.9 cm³/mol. The molecule has 6 heteroatoms. The van der Waals surface area contributed by atoms with E-state index < -0.39 is 0 Å². The summed E-state index contributed by atoms with van der Waals surface area (Å²) >= 11 is 0. The summed E-state index contributed by atoms with van der Waals surface area (Å²) in [5.41, 5.74) is 2.26. The molecule has 3 heterocycles. The highest BCUT2D eigenvalue weighted by atomic mass is 16.5. The number of hydrogen-bond donors (Lipinski definition) is 1. The van der Waals surface area contributed by atoms with Gasteiger partial charge in [0.1, 0.15) is 0 Å². The maximum Gasteiger partial charge on any atom is 0.234 e. The van der Waals surface area contributed by atoms with Crippen molar-refractivity contribution < 1.29 is 9.53 Å². The van der Waals surface area contributed by atoms with Gasteiger partial charge in [-0.1, -0.05) is 6.42 Å². The van der Waals surface area contributed by atoms with Crippen molar-refractivity contribution >= 4 is 5.91 Å². The Morgan fingerprint density at radius 3 is 2.79 bits per heavy atom. The van der Waals surface area contributed by atoms with Gasteiger partial charge in [0.2, 0.25) is 5.91 Å². The lowest BCUT2D eigenvalue weighted by Gasteiger charge is -2.36. The molecule has 24 heavy (non-hydrogen) atoms. The summed E-state index contributed by atoms with van der Waals surface area (Å²) in [6.45, 7) is 8.04. The van der Waals surface area contributed by atoms with Crippen LogP contribution in [-0.2, 0) is 16.1 Å². The van der Waals surface area contributed by atoms with E-state index in [1.165, 1.54) is 18.5 Å². The lowest BCUT2D eigenvalue weighted by molar-refractivity contribution is -0.124. The summed E-state index contributed by atoms with van der Waals surface area (Å²) < 4.78 is 7.45. The number of aryl methyl sites for hydroxylation is 2.